The van der Waals surface area contributed by atoms with Gasteiger partial charge in [-0.3, -0.25) is 19.4 Å². The summed E-state index contributed by atoms with van der Waals surface area (Å²) in [5.74, 6) is -2.05. The number of carbonyl (C=O) groups is 2. The van der Waals surface area contributed by atoms with Gasteiger partial charge in [0.2, 0.25) is 11.7 Å². The lowest BCUT2D eigenvalue weighted by Crippen LogP contribution is -2.35. The van der Waals surface area contributed by atoms with E-state index in [1.54, 1.807) is 0 Å². The van der Waals surface area contributed by atoms with Crippen molar-refractivity contribution in [3.05, 3.63) is 20.8 Å². The van der Waals surface area contributed by atoms with Gasteiger partial charge in [0.15, 0.2) is 0 Å². The summed E-state index contributed by atoms with van der Waals surface area (Å²) in [6.45, 7) is -0.856. The molecule has 1 aromatic rings. The fourth-order valence-electron chi connectivity index (χ4n) is 0.868. The molecule has 0 unspecified atom stereocenters. The number of anilines is 1. The molecule has 17 heavy (non-hydrogen) atoms. The number of nitrogens with one attached hydrogen (secondary N) is 4. The van der Waals surface area contributed by atoms with Crippen molar-refractivity contribution in [1.82, 2.24) is 20.5 Å². The number of amides is 1. The maximum atomic E-state index is 11.1. The van der Waals surface area contributed by atoms with Crippen LogP contribution in [0.5, 0.6) is 0 Å². The van der Waals surface area contributed by atoms with Gasteiger partial charge in [-0.1, -0.05) is 0 Å². The van der Waals surface area contributed by atoms with Crippen molar-refractivity contribution < 1.29 is 14.7 Å². The largest absolute Gasteiger partial charge is 0.480 e. The zero-order valence-electron chi connectivity index (χ0n) is 8.44. The molecule has 0 atom stereocenters. The molecule has 1 amide bonds. The van der Waals surface area contributed by atoms with Crippen LogP contribution >= 0.6 is 0 Å². The molecule has 0 saturated heterocycles. The molecule has 0 aliphatic heterocycles. The predicted molar refractivity (Wildman–Crippen MR) is 54.6 cm³/mol. The average molecular weight is 243 g/mol. The smallest absolute Gasteiger partial charge is 0.342 e. The number of H-pyrrole nitrogens is 2. The van der Waals surface area contributed by atoms with Crippen LogP contribution in [0.25, 0.3) is 0 Å². The van der Waals surface area contributed by atoms with Crippen LogP contribution in [0.3, 0.4) is 0 Å². The van der Waals surface area contributed by atoms with E-state index in [4.69, 9.17) is 5.11 Å². The Labute approximate surface area is 93.1 Å². The first-order valence-corrected chi connectivity index (χ1v) is 4.40. The third kappa shape index (κ3) is 4.15. The van der Waals surface area contributed by atoms with Crippen LogP contribution in [-0.2, 0) is 9.59 Å². The van der Waals surface area contributed by atoms with Gasteiger partial charge >= 0.3 is 11.7 Å². The van der Waals surface area contributed by atoms with Crippen molar-refractivity contribution in [3.8, 4) is 0 Å². The average Bonchev–Trinajstić information content (AvgIpc) is 2.25. The Balaban J connectivity index is 2.50. The van der Waals surface area contributed by atoms with Gasteiger partial charge in [-0.2, -0.15) is 0 Å². The second-order valence-corrected chi connectivity index (χ2v) is 2.88. The molecule has 92 valence electrons. The van der Waals surface area contributed by atoms with Crippen molar-refractivity contribution >= 4 is 17.7 Å². The fourth-order valence-corrected chi connectivity index (χ4v) is 0.868. The molecular weight excluding hydrogens is 234 g/mol. The summed E-state index contributed by atoms with van der Waals surface area (Å²) in [7, 11) is 0. The minimum absolute atomic E-state index is 0.241. The van der Waals surface area contributed by atoms with E-state index < -0.39 is 29.7 Å². The Morgan fingerprint density at radius 3 is 2.59 bits per heavy atom. The molecule has 0 saturated carbocycles. The minimum atomic E-state index is -1.18. The summed E-state index contributed by atoms with van der Waals surface area (Å²) < 4.78 is 0. The zero-order valence-corrected chi connectivity index (χ0v) is 8.44. The summed E-state index contributed by atoms with van der Waals surface area (Å²) >= 11 is 0. The highest BCUT2D eigenvalue weighted by atomic mass is 16.4. The van der Waals surface area contributed by atoms with Crippen molar-refractivity contribution in [2.75, 3.05) is 18.4 Å². The van der Waals surface area contributed by atoms with Crippen LogP contribution in [0.1, 0.15) is 0 Å². The number of hydrogen-bond donors (Lipinski definition) is 5. The summed E-state index contributed by atoms with van der Waals surface area (Å²) in [4.78, 5) is 44.8. The number of hydrogen-bond acceptors (Lipinski definition) is 6. The molecule has 0 bridgehead atoms. The maximum absolute atomic E-state index is 11.1. The maximum Gasteiger partial charge on any atom is 0.342 e. The van der Waals surface area contributed by atoms with Gasteiger partial charge in [-0.15, -0.1) is 5.10 Å². The first kappa shape index (κ1) is 12.4. The minimum Gasteiger partial charge on any atom is -0.480 e. The van der Waals surface area contributed by atoms with E-state index >= 15 is 0 Å². The number of rotatable bonds is 5. The molecule has 0 radical (unpaired) electrons. The van der Waals surface area contributed by atoms with E-state index in [-0.39, 0.29) is 12.4 Å². The van der Waals surface area contributed by atoms with Gasteiger partial charge < -0.3 is 15.7 Å². The van der Waals surface area contributed by atoms with Crippen LogP contribution in [0.2, 0.25) is 0 Å². The topological polar surface area (TPSA) is 157 Å². The lowest BCUT2D eigenvalue weighted by atomic mass is 10.5. The lowest BCUT2D eigenvalue weighted by Gasteiger charge is -2.03. The van der Waals surface area contributed by atoms with E-state index in [1.165, 1.54) is 0 Å². The van der Waals surface area contributed by atoms with Gasteiger partial charge in [-0.05, 0) is 0 Å². The first-order valence-electron chi connectivity index (χ1n) is 4.40. The molecule has 0 fully saturated rings. The Kier molecular flexibility index (Phi) is 3.97. The van der Waals surface area contributed by atoms with Crippen molar-refractivity contribution in [1.29, 1.82) is 0 Å². The number of nitrogens with zero attached hydrogens (tertiary/aromatic N) is 1. The fraction of sp³-hybridized carbons (Fsp3) is 0.286. The standard InChI is InChI=1S/C7H9N5O5/c13-3(8-2-4(14)15)1-9-5-6(16)10-7(17)12-11-5/h1-2H2,(H,8,13)(H,9,11)(H,14,15)(H2,10,12,16,17). The monoisotopic (exact) mass is 243 g/mol. The summed E-state index contributed by atoms with van der Waals surface area (Å²) in [6, 6.07) is 0. The number of aromatic nitrogens is 3. The van der Waals surface area contributed by atoms with Crippen molar-refractivity contribution in [2.24, 2.45) is 0 Å². The molecule has 10 heteroatoms. The van der Waals surface area contributed by atoms with E-state index in [2.05, 4.69) is 15.7 Å². The lowest BCUT2D eigenvalue weighted by molar-refractivity contribution is -0.137. The molecular formula is C7H9N5O5. The highest BCUT2D eigenvalue weighted by Crippen LogP contribution is 1.84. The van der Waals surface area contributed by atoms with Gasteiger partial charge in [0.1, 0.15) is 6.54 Å². The highest BCUT2D eigenvalue weighted by molar-refractivity contribution is 5.83. The Morgan fingerprint density at radius 2 is 2.00 bits per heavy atom. The highest BCUT2D eigenvalue weighted by Gasteiger charge is 2.06. The summed E-state index contributed by atoms with van der Waals surface area (Å²) in [6.07, 6.45) is 0. The summed E-state index contributed by atoms with van der Waals surface area (Å²) in [5.41, 5.74) is -1.55. The van der Waals surface area contributed by atoms with Crippen LogP contribution in [0.4, 0.5) is 5.82 Å². The third-order valence-electron chi connectivity index (χ3n) is 1.56. The van der Waals surface area contributed by atoms with E-state index in [1.807, 2.05) is 10.1 Å². The Hall–Kier alpha value is -2.65. The summed E-state index contributed by atoms with van der Waals surface area (Å²) in [5, 5.41) is 18.0. The molecule has 1 aromatic heterocycles. The van der Waals surface area contributed by atoms with Crippen molar-refractivity contribution in [2.45, 2.75) is 0 Å². The third-order valence-corrected chi connectivity index (χ3v) is 1.56. The Bertz CT molecular complexity index is 532. The van der Waals surface area contributed by atoms with E-state index in [9.17, 15) is 19.2 Å². The number of aromatic amines is 2. The quantitative estimate of drug-likeness (QED) is 0.370. The Morgan fingerprint density at radius 1 is 1.29 bits per heavy atom. The SMILES string of the molecule is O=C(O)CNC(=O)CNc1n[nH]c(=O)[nH]c1=O. The number of carbonyl (C=O) groups excluding carboxylic acids is 1. The number of carboxylic acid groups (broad SMARTS) is 1. The predicted octanol–water partition coefficient (Wildman–Crippen LogP) is -2.93. The van der Waals surface area contributed by atoms with Crippen LogP contribution in [0.15, 0.2) is 9.59 Å². The molecule has 10 nitrogen and oxygen atoms in total. The molecule has 5 N–H and O–H groups in total. The first-order chi connectivity index (χ1) is 7.99. The molecule has 1 heterocycles. The van der Waals surface area contributed by atoms with Crippen LogP contribution in [-0.4, -0.2) is 45.3 Å². The van der Waals surface area contributed by atoms with Gasteiger partial charge in [0.25, 0.3) is 5.56 Å². The van der Waals surface area contributed by atoms with E-state index in [0.717, 1.165) is 0 Å². The second-order valence-electron chi connectivity index (χ2n) is 2.88. The van der Waals surface area contributed by atoms with Crippen LogP contribution in [0, 0.1) is 0 Å². The molecule has 1 rings (SSSR count). The van der Waals surface area contributed by atoms with Gasteiger partial charge in [-0.25, -0.2) is 9.89 Å². The van der Waals surface area contributed by atoms with E-state index in [0.29, 0.717) is 0 Å². The molecule has 0 spiro atoms. The normalized spacial score (nSPS) is 9.65. The molecule has 0 aliphatic carbocycles. The molecule has 0 aliphatic rings. The van der Waals surface area contributed by atoms with Gasteiger partial charge in [0, 0.05) is 0 Å². The molecule has 0 aromatic carbocycles. The number of aliphatic carboxylic acids is 1. The second kappa shape index (κ2) is 5.44. The van der Waals surface area contributed by atoms with Crippen molar-refractivity contribution in [3.63, 3.8) is 0 Å². The zero-order chi connectivity index (χ0) is 12.8. The van der Waals surface area contributed by atoms with Crippen LogP contribution < -0.4 is 21.9 Å². The van der Waals surface area contributed by atoms with Gasteiger partial charge in [0.05, 0.1) is 6.54 Å². The number of carboxylic acids is 1.